The first-order chi connectivity index (χ1) is 15.6. The predicted molar refractivity (Wildman–Crippen MR) is 127 cm³/mol. The third-order valence-electron chi connectivity index (χ3n) is 5.34. The summed E-state index contributed by atoms with van der Waals surface area (Å²) in [4.78, 5) is 15.7. The molecule has 1 saturated heterocycles. The highest BCUT2D eigenvalue weighted by atomic mass is 19.1. The van der Waals surface area contributed by atoms with Crippen LogP contribution in [-0.4, -0.2) is 34.3 Å². The molecule has 1 aromatic heterocycles. The second-order valence-electron chi connectivity index (χ2n) is 8.15. The first-order valence-electron chi connectivity index (χ1n) is 11.0. The summed E-state index contributed by atoms with van der Waals surface area (Å²) < 4.78 is 13.2. The number of nitrogens with one attached hydrogen (secondary N) is 2. The van der Waals surface area contributed by atoms with Gasteiger partial charge in [0.15, 0.2) is 0 Å². The Morgan fingerprint density at radius 3 is 2.28 bits per heavy atom. The molecule has 2 heterocycles. The number of hydrogen-bond donors (Lipinski definition) is 2. The van der Waals surface area contributed by atoms with Crippen LogP contribution in [0.25, 0.3) is 0 Å². The van der Waals surface area contributed by atoms with Crippen LogP contribution in [0.15, 0.2) is 53.6 Å². The summed E-state index contributed by atoms with van der Waals surface area (Å²) in [6.45, 7) is 6.15. The van der Waals surface area contributed by atoms with Crippen LogP contribution in [0, 0.1) is 5.82 Å². The van der Waals surface area contributed by atoms with Gasteiger partial charge < -0.3 is 10.2 Å². The number of hydrazone groups is 1. The third-order valence-corrected chi connectivity index (χ3v) is 5.34. The minimum absolute atomic E-state index is 0.293. The van der Waals surface area contributed by atoms with Crippen molar-refractivity contribution in [3.63, 3.8) is 0 Å². The zero-order chi connectivity index (χ0) is 22.3. The molecule has 0 spiro atoms. The minimum Gasteiger partial charge on any atom is -0.341 e. The van der Waals surface area contributed by atoms with Gasteiger partial charge in [-0.3, -0.25) is 0 Å². The number of anilines is 4. The predicted octanol–water partition coefficient (Wildman–Crippen LogP) is 5.31. The summed E-state index contributed by atoms with van der Waals surface area (Å²) in [5.74, 6) is 1.53. The molecule has 4 rings (SSSR count). The molecule has 0 aliphatic carbocycles. The smallest absolute Gasteiger partial charge is 0.250 e. The van der Waals surface area contributed by atoms with E-state index in [1.165, 1.54) is 24.1 Å². The molecule has 166 valence electrons. The molecule has 32 heavy (non-hydrogen) atoms. The van der Waals surface area contributed by atoms with Crippen LogP contribution in [0.4, 0.5) is 27.9 Å². The van der Waals surface area contributed by atoms with Gasteiger partial charge in [0.2, 0.25) is 17.8 Å². The van der Waals surface area contributed by atoms with Crippen molar-refractivity contribution in [1.29, 1.82) is 0 Å². The lowest BCUT2D eigenvalue weighted by Crippen LogP contribution is -2.31. The standard InChI is InChI=1S/C24H28FN7/c1-17(2)19-8-6-18(7-9-19)16-26-31-23-28-22(27-21-12-10-20(25)11-13-21)29-24(30-23)32-14-4-3-5-15-32/h6-13,16-17H,3-5,14-15H2,1-2H3,(H2,27,28,29,30,31)/b26-16+. The summed E-state index contributed by atoms with van der Waals surface area (Å²) >= 11 is 0. The van der Waals surface area contributed by atoms with Gasteiger partial charge in [-0.25, -0.2) is 9.82 Å². The fourth-order valence-electron chi connectivity index (χ4n) is 3.50. The number of benzene rings is 2. The maximum Gasteiger partial charge on any atom is 0.250 e. The van der Waals surface area contributed by atoms with Gasteiger partial charge in [-0.05, 0) is 60.6 Å². The number of nitrogens with zero attached hydrogens (tertiary/aromatic N) is 5. The van der Waals surface area contributed by atoms with Crippen molar-refractivity contribution in [2.24, 2.45) is 5.10 Å². The monoisotopic (exact) mass is 433 g/mol. The third kappa shape index (κ3) is 5.78. The molecular weight excluding hydrogens is 405 g/mol. The van der Waals surface area contributed by atoms with E-state index in [9.17, 15) is 4.39 Å². The van der Waals surface area contributed by atoms with Gasteiger partial charge in [0.1, 0.15) is 5.82 Å². The summed E-state index contributed by atoms with van der Waals surface area (Å²) in [5, 5.41) is 7.44. The summed E-state index contributed by atoms with van der Waals surface area (Å²) in [6.07, 6.45) is 5.17. The van der Waals surface area contributed by atoms with Gasteiger partial charge in [0, 0.05) is 18.8 Å². The SMILES string of the molecule is CC(C)c1ccc(/C=N/Nc2nc(Nc3ccc(F)cc3)nc(N3CCCCC3)n2)cc1. The molecule has 0 radical (unpaired) electrons. The van der Waals surface area contributed by atoms with Crippen LogP contribution < -0.4 is 15.6 Å². The molecule has 3 aromatic rings. The van der Waals surface area contributed by atoms with E-state index < -0.39 is 0 Å². The van der Waals surface area contributed by atoms with Gasteiger partial charge in [-0.2, -0.15) is 20.1 Å². The van der Waals surface area contributed by atoms with Crippen LogP contribution >= 0.6 is 0 Å². The molecule has 8 heteroatoms. The second-order valence-corrected chi connectivity index (χ2v) is 8.15. The van der Waals surface area contributed by atoms with E-state index in [1.807, 2.05) is 12.1 Å². The normalized spacial score (nSPS) is 14.2. The summed E-state index contributed by atoms with van der Waals surface area (Å²) in [6, 6.07) is 14.4. The zero-order valence-corrected chi connectivity index (χ0v) is 18.4. The van der Waals surface area contributed by atoms with E-state index in [1.54, 1.807) is 18.3 Å². The molecule has 0 saturated carbocycles. The maximum absolute atomic E-state index is 13.2. The van der Waals surface area contributed by atoms with Gasteiger partial charge in [-0.1, -0.05) is 38.1 Å². The summed E-state index contributed by atoms with van der Waals surface area (Å²) in [7, 11) is 0. The average molecular weight is 434 g/mol. The second kappa shape index (κ2) is 10.2. The highest BCUT2D eigenvalue weighted by molar-refractivity contribution is 5.80. The Bertz CT molecular complexity index is 1040. The Hall–Kier alpha value is -3.55. The lowest BCUT2D eigenvalue weighted by atomic mass is 10.0. The van der Waals surface area contributed by atoms with Crippen molar-refractivity contribution in [3.8, 4) is 0 Å². The summed E-state index contributed by atoms with van der Waals surface area (Å²) in [5.41, 5.74) is 5.89. The molecule has 0 bridgehead atoms. The number of rotatable bonds is 7. The first kappa shape index (κ1) is 21.7. The van der Waals surface area contributed by atoms with Crippen molar-refractivity contribution in [2.45, 2.75) is 39.0 Å². The molecule has 2 aromatic carbocycles. The lowest BCUT2D eigenvalue weighted by molar-refractivity contribution is 0.568. The molecule has 0 unspecified atom stereocenters. The molecule has 7 nitrogen and oxygen atoms in total. The quantitative estimate of drug-likeness (QED) is 0.388. The van der Waals surface area contributed by atoms with Crippen LogP contribution in [0.5, 0.6) is 0 Å². The van der Waals surface area contributed by atoms with Crippen molar-refractivity contribution >= 4 is 29.7 Å². The fraction of sp³-hybridized carbons (Fsp3) is 0.333. The van der Waals surface area contributed by atoms with E-state index in [0.717, 1.165) is 31.5 Å². The Labute approximate surface area is 187 Å². The number of halogens is 1. The Morgan fingerprint density at radius 1 is 0.906 bits per heavy atom. The van der Waals surface area contributed by atoms with E-state index in [2.05, 4.69) is 61.7 Å². The van der Waals surface area contributed by atoms with Crippen molar-refractivity contribution in [1.82, 2.24) is 15.0 Å². The van der Waals surface area contributed by atoms with Gasteiger partial charge in [0.05, 0.1) is 6.21 Å². The van der Waals surface area contributed by atoms with Crippen LogP contribution in [0.1, 0.15) is 50.2 Å². The Morgan fingerprint density at radius 2 is 1.59 bits per heavy atom. The van der Waals surface area contributed by atoms with Crippen molar-refractivity contribution < 1.29 is 4.39 Å². The van der Waals surface area contributed by atoms with E-state index in [-0.39, 0.29) is 5.82 Å². The Kier molecular flexibility index (Phi) is 6.89. The van der Waals surface area contributed by atoms with E-state index in [4.69, 9.17) is 0 Å². The molecule has 1 fully saturated rings. The van der Waals surface area contributed by atoms with Crippen LogP contribution in [0.3, 0.4) is 0 Å². The van der Waals surface area contributed by atoms with Crippen LogP contribution in [-0.2, 0) is 0 Å². The van der Waals surface area contributed by atoms with E-state index in [0.29, 0.717) is 29.5 Å². The molecule has 2 N–H and O–H groups in total. The molecule has 0 atom stereocenters. The average Bonchev–Trinajstić information content (AvgIpc) is 2.81. The Balaban J connectivity index is 1.53. The van der Waals surface area contributed by atoms with Gasteiger partial charge in [-0.15, -0.1) is 0 Å². The number of aromatic nitrogens is 3. The fourth-order valence-corrected chi connectivity index (χ4v) is 3.50. The lowest BCUT2D eigenvalue weighted by Gasteiger charge is -2.26. The van der Waals surface area contributed by atoms with Gasteiger partial charge >= 0.3 is 0 Å². The minimum atomic E-state index is -0.293. The maximum atomic E-state index is 13.2. The highest BCUT2D eigenvalue weighted by Gasteiger charge is 2.16. The topological polar surface area (TPSA) is 78.3 Å². The first-order valence-corrected chi connectivity index (χ1v) is 11.0. The highest BCUT2D eigenvalue weighted by Crippen LogP contribution is 2.21. The molecule has 1 aliphatic heterocycles. The number of piperidine rings is 1. The molecule has 0 amide bonds. The van der Waals surface area contributed by atoms with E-state index >= 15 is 0 Å². The molecular formula is C24H28FN7. The number of hydrogen-bond acceptors (Lipinski definition) is 7. The van der Waals surface area contributed by atoms with Crippen LogP contribution in [0.2, 0.25) is 0 Å². The molecule has 1 aliphatic rings. The van der Waals surface area contributed by atoms with Crippen molar-refractivity contribution in [3.05, 3.63) is 65.5 Å². The zero-order valence-electron chi connectivity index (χ0n) is 18.4. The van der Waals surface area contributed by atoms with Gasteiger partial charge in [0.25, 0.3) is 0 Å². The van der Waals surface area contributed by atoms with Crippen molar-refractivity contribution in [2.75, 3.05) is 28.7 Å². The largest absolute Gasteiger partial charge is 0.341 e.